The van der Waals surface area contributed by atoms with E-state index in [9.17, 15) is 0 Å². The molecular formula is C46H41N. The molecule has 0 fully saturated rings. The van der Waals surface area contributed by atoms with E-state index in [1.807, 2.05) is 0 Å². The Bertz CT molecular complexity index is 2200. The number of nitrogens with zero attached hydrogens (tertiary/aromatic N) is 1. The molecule has 1 heteroatoms. The first-order valence-electron chi connectivity index (χ1n) is 17.0. The molecule has 1 nitrogen and oxygen atoms in total. The second kappa shape index (κ2) is 9.35. The molecule has 0 saturated heterocycles. The number of aryl methyl sites for hydroxylation is 1. The van der Waals surface area contributed by atoms with Gasteiger partial charge in [-0.1, -0.05) is 138 Å². The maximum Gasteiger partial charge on any atom is 0.0555 e. The number of benzene rings is 6. The van der Waals surface area contributed by atoms with Crippen LogP contribution in [0.15, 0.2) is 121 Å². The summed E-state index contributed by atoms with van der Waals surface area (Å²) in [7, 11) is 0. The third kappa shape index (κ3) is 3.66. The van der Waals surface area contributed by atoms with Gasteiger partial charge in [0.15, 0.2) is 0 Å². The molecule has 9 rings (SSSR count). The van der Waals surface area contributed by atoms with Crippen molar-refractivity contribution in [1.82, 2.24) is 0 Å². The second-order valence-corrected chi connectivity index (χ2v) is 15.5. The molecule has 0 radical (unpaired) electrons. The first-order chi connectivity index (χ1) is 22.5. The third-order valence-electron chi connectivity index (χ3n) is 11.7. The topological polar surface area (TPSA) is 3.24 Å². The van der Waals surface area contributed by atoms with Crippen molar-refractivity contribution in [3.8, 4) is 33.4 Å². The molecule has 0 heterocycles. The Morgan fingerprint density at radius 3 is 1.34 bits per heavy atom. The average molecular weight is 608 g/mol. The molecule has 0 atom stereocenters. The average Bonchev–Trinajstić information content (AvgIpc) is 3.55. The second-order valence-electron chi connectivity index (χ2n) is 15.5. The predicted octanol–water partition coefficient (Wildman–Crippen LogP) is 12.4. The van der Waals surface area contributed by atoms with Crippen molar-refractivity contribution in [2.24, 2.45) is 0 Å². The molecule has 47 heavy (non-hydrogen) atoms. The molecule has 6 aromatic rings. The highest BCUT2D eigenvalue weighted by atomic mass is 15.2. The van der Waals surface area contributed by atoms with Crippen LogP contribution in [0.4, 0.5) is 17.1 Å². The maximum atomic E-state index is 2.61. The summed E-state index contributed by atoms with van der Waals surface area (Å²) < 4.78 is 0. The quantitative estimate of drug-likeness (QED) is 0.193. The van der Waals surface area contributed by atoms with E-state index in [-0.39, 0.29) is 16.2 Å². The molecule has 0 saturated carbocycles. The fourth-order valence-electron chi connectivity index (χ4n) is 9.31. The fourth-order valence-corrected chi connectivity index (χ4v) is 9.31. The van der Waals surface area contributed by atoms with Crippen LogP contribution in [0.25, 0.3) is 33.4 Å². The van der Waals surface area contributed by atoms with Gasteiger partial charge in [-0.25, -0.2) is 0 Å². The van der Waals surface area contributed by atoms with Gasteiger partial charge in [0.2, 0.25) is 0 Å². The zero-order chi connectivity index (χ0) is 32.5. The molecule has 0 bridgehead atoms. The minimum Gasteiger partial charge on any atom is -0.310 e. The lowest BCUT2D eigenvalue weighted by atomic mass is 9.75. The minimum atomic E-state index is -0.184. The molecule has 0 aliphatic heterocycles. The highest BCUT2D eigenvalue weighted by Gasteiger charge is 2.47. The van der Waals surface area contributed by atoms with Gasteiger partial charge in [0.05, 0.1) is 5.69 Å². The van der Waals surface area contributed by atoms with Gasteiger partial charge in [0.25, 0.3) is 0 Å². The van der Waals surface area contributed by atoms with E-state index in [1.165, 1.54) is 89.4 Å². The number of hydrogen-bond donors (Lipinski definition) is 0. The van der Waals surface area contributed by atoms with Crippen LogP contribution in [-0.4, -0.2) is 0 Å². The Hall–Kier alpha value is -4.88. The SMILES string of the molecule is Cc1ccc(N(c2ccc3c(c2)C(C)(C)c2ccccc2-3)c2c3c(cc4c2C(C)(C)c2ccccc2-4)-c2ccccc2C3(C)C)cc1. The van der Waals surface area contributed by atoms with Crippen molar-refractivity contribution in [2.45, 2.75) is 64.7 Å². The molecule has 0 aromatic heterocycles. The minimum absolute atomic E-state index is 0.0908. The van der Waals surface area contributed by atoms with Crippen molar-refractivity contribution in [1.29, 1.82) is 0 Å². The van der Waals surface area contributed by atoms with E-state index in [1.54, 1.807) is 0 Å². The molecule has 6 aromatic carbocycles. The van der Waals surface area contributed by atoms with Crippen LogP contribution in [0.5, 0.6) is 0 Å². The number of fused-ring (bicyclic) bond motifs is 9. The summed E-state index contributed by atoms with van der Waals surface area (Å²) in [5.74, 6) is 0. The van der Waals surface area contributed by atoms with Gasteiger partial charge in [0, 0.05) is 27.6 Å². The molecule has 0 spiro atoms. The van der Waals surface area contributed by atoms with E-state index in [0.717, 1.165) is 0 Å². The molecule has 3 aliphatic rings. The van der Waals surface area contributed by atoms with Gasteiger partial charge >= 0.3 is 0 Å². The predicted molar refractivity (Wildman–Crippen MR) is 199 cm³/mol. The lowest BCUT2D eigenvalue weighted by Gasteiger charge is -2.37. The van der Waals surface area contributed by atoms with Crippen molar-refractivity contribution >= 4 is 17.1 Å². The van der Waals surface area contributed by atoms with Gasteiger partial charge in [0.1, 0.15) is 0 Å². The van der Waals surface area contributed by atoms with Gasteiger partial charge in [-0.05, 0) is 104 Å². The highest BCUT2D eigenvalue weighted by molar-refractivity contribution is 6.00. The molecule has 0 amide bonds. The lowest BCUT2D eigenvalue weighted by Crippen LogP contribution is -2.26. The Labute approximate surface area is 279 Å². The summed E-state index contributed by atoms with van der Waals surface area (Å²) in [4.78, 5) is 2.61. The van der Waals surface area contributed by atoms with E-state index in [2.05, 4.69) is 175 Å². The number of rotatable bonds is 3. The van der Waals surface area contributed by atoms with E-state index >= 15 is 0 Å². The normalized spacial score (nSPS) is 16.5. The number of hydrogen-bond acceptors (Lipinski definition) is 1. The summed E-state index contributed by atoms with van der Waals surface area (Å²) in [6, 6.07) is 46.0. The standard InChI is InChI=1S/C46H41N/c1-28-20-22-29(23-21-28)47(30-24-25-34-31-14-8-11-17-37(31)44(2,3)40(34)26-30)43-41-35(32-15-9-12-18-38(32)45(41,4)5)27-36-33-16-10-13-19-39(33)46(6,7)42(36)43/h8-27H,1-7H3. The summed E-state index contributed by atoms with van der Waals surface area (Å²) in [5, 5.41) is 0. The third-order valence-corrected chi connectivity index (χ3v) is 11.7. The Morgan fingerprint density at radius 1 is 0.383 bits per heavy atom. The van der Waals surface area contributed by atoms with Gasteiger partial charge in [-0.2, -0.15) is 0 Å². The monoisotopic (exact) mass is 607 g/mol. The van der Waals surface area contributed by atoms with Crippen LogP contribution in [-0.2, 0) is 16.2 Å². The van der Waals surface area contributed by atoms with Crippen LogP contribution < -0.4 is 4.90 Å². The van der Waals surface area contributed by atoms with Crippen molar-refractivity contribution in [3.63, 3.8) is 0 Å². The molecular weight excluding hydrogens is 567 g/mol. The Balaban J connectivity index is 1.41. The Kier molecular flexibility index (Phi) is 5.64. The smallest absolute Gasteiger partial charge is 0.0555 e. The van der Waals surface area contributed by atoms with Crippen molar-refractivity contribution in [3.05, 3.63) is 160 Å². The van der Waals surface area contributed by atoms with E-state index in [4.69, 9.17) is 0 Å². The summed E-state index contributed by atoms with van der Waals surface area (Å²) >= 11 is 0. The van der Waals surface area contributed by atoms with Crippen LogP contribution in [0.1, 0.15) is 80.5 Å². The fraction of sp³-hybridized carbons (Fsp3) is 0.217. The first-order valence-corrected chi connectivity index (χ1v) is 17.0. The molecule has 3 aliphatic carbocycles. The zero-order valence-corrected chi connectivity index (χ0v) is 28.5. The van der Waals surface area contributed by atoms with Crippen LogP contribution in [0.2, 0.25) is 0 Å². The van der Waals surface area contributed by atoms with Crippen LogP contribution in [0.3, 0.4) is 0 Å². The lowest BCUT2D eigenvalue weighted by molar-refractivity contribution is 0.640. The molecule has 0 unspecified atom stereocenters. The van der Waals surface area contributed by atoms with Crippen LogP contribution in [0, 0.1) is 6.92 Å². The summed E-state index contributed by atoms with van der Waals surface area (Å²) in [6.45, 7) is 16.7. The zero-order valence-electron chi connectivity index (χ0n) is 28.5. The molecule has 0 N–H and O–H groups in total. The maximum absolute atomic E-state index is 2.61. The Morgan fingerprint density at radius 2 is 0.809 bits per heavy atom. The van der Waals surface area contributed by atoms with Gasteiger partial charge in [-0.15, -0.1) is 0 Å². The van der Waals surface area contributed by atoms with Gasteiger partial charge in [-0.3, -0.25) is 0 Å². The van der Waals surface area contributed by atoms with Gasteiger partial charge < -0.3 is 4.90 Å². The van der Waals surface area contributed by atoms with Crippen LogP contribution >= 0.6 is 0 Å². The highest BCUT2D eigenvalue weighted by Crippen LogP contribution is 2.63. The molecule has 230 valence electrons. The summed E-state index contributed by atoms with van der Waals surface area (Å²) in [6.07, 6.45) is 0. The largest absolute Gasteiger partial charge is 0.310 e. The number of anilines is 3. The van der Waals surface area contributed by atoms with E-state index < -0.39 is 0 Å². The first kappa shape index (κ1) is 28.4. The summed E-state index contributed by atoms with van der Waals surface area (Å²) in [5.41, 5.74) is 21.1. The van der Waals surface area contributed by atoms with E-state index in [0.29, 0.717) is 0 Å². The van der Waals surface area contributed by atoms with Crippen molar-refractivity contribution in [2.75, 3.05) is 4.90 Å². The van der Waals surface area contributed by atoms with Crippen molar-refractivity contribution < 1.29 is 0 Å².